The van der Waals surface area contributed by atoms with E-state index in [0.717, 1.165) is 60.9 Å². The fourth-order valence-corrected chi connectivity index (χ4v) is 4.34. The summed E-state index contributed by atoms with van der Waals surface area (Å²) in [7, 11) is 1.65. The van der Waals surface area contributed by atoms with Gasteiger partial charge in [0, 0.05) is 30.9 Å². The van der Waals surface area contributed by atoms with Gasteiger partial charge in [0.2, 0.25) is 11.9 Å². The van der Waals surface area contributed by atoms with Crippen LogP contribution >= 0.6 is 0 Å². The van der Waals surface area contributed by atoms with Crippen LogP contribution in [-0.2, 0) is 10.2 Å². The first-order chi connectivity index (χ1) is 15.2. The van der Waals surface area contributed by atoms with Gasteiger partial charge in [0.15, 0.2) is 0 Å². The Bertz CT molecular complexity index is 1060. The summed E-state index contributed by atoms with van der Waals surface area (Å²) in [6, 6.07) is 20.0. The highest BCUT2D eigenvalue weighted by Crippen LogP contribution is 2.48. The third-order valence-electron chi connectivity index (χ3n) is 6.35. The molecule has 1 amide bonds. The number of anilines is 1. The predicted octanol–water partition coefficient (Wildman–Crippen LogP) is 3.58. The van der Waals surface area contributed by atoms with Crippen LogP contribution < -0.4 is 15.0 Å². The Balaban J connectivity index is 1.25. The number of nitrogens with zero attached hydrogens (tertiary/aromatic N) is 3. The van der Waals surface area contributed by atoms with E-state index in [-0.39, 0.29) is 17.4 Å². The van der Waals surface area contributed by atoms with Crippen LogP contribution in [0.25, 0.3) is 11.3 Å². The summed E-state index contributed by atoms with van der Waals surface area (Å²) in [6.07, 6.45) is 4.48. The second kappa shape index (κ2) is 8.02. The number of carbonyl (C=O) groups is 1. The van der Waals surface area contributed by atoms with Crippen molar-refractivity contribution in [2.24, 2.45) is 0 Å². The van der Waals surface area contributed by atoms with Gasteiger partial charge >= 0.3 is 0 Å². The maximum absolute atomic E-state index is 13.1. The molecule has 1 saturated heterocycles. The molecule has 1 aliphatic carbocycles. The Labute approximate surface area is 182 Å². The van der Waals surface area contributed by atoms with Crippen LogP contribution in [-0.4, -0.2) is 42.1 Å². The number of methoxy groups -OCH3 is 1. The molecule has 1 N–H and O–H groups in total. The van der Waals surface area contributed by atoms with Gasteiger partial charge in [0.1, 0.15) is 5.75 Å². The van der Waals surface area contributed by atoms with Gasteiger partial charge in [-0.15, -0.1) is 0 Å². The maximum Gasteiger partial charge on any atom is 0.230 e. The van der Waals surface area contributed by atoms with Crippen molar-refractivity contribution in [2.45, 2.75) is 30.7 Å². The van der Waals surface area contributed by atoms with E-state index in [2.05, 4.69) is 15.2 Å². The van der Waals surface area contributed by atoms with Crippen molar-refractivity contribution in [1.82, 2.24) is 15.3 Å². The maximum atomic E-state index is 13.1. The van der Waals surface area contributed by atoms with Gasteiger partial charge in [-0.25, -0.2) is 9.97 Å². The van der Waals surface area contributed by atoms with Gasteiger partial charge in [0.25, 0.3) is 0 Å². The standard InChI is InChI=1S/C25H26N4O2/c1-31-21-9-7-19(8-10-21)25(13-14-25)23(30)27-20-12-16-29(17-20)24-26-15-11-22(28-24)18-5-3-2-4-6-18/h2-11,15,20H,12-14,16-17H2,1H3,(H,27,30). The van der Waals surface area contributed by atoms with E-state index in [4.69, 9.17) is 9.72 Å². The molecule has 1 atom stereocenters. The highest BCUT2D eigenvalue weighted by molar-refractivity contribution is 5.91. The highest BCUT2D eigenvalue weighted by atomic mass is 16.5. The predicted molar refractivity (Wildman–Crippen MR) is 120 cm³/mol. The zero-order valence-electron chi connectivity index (χ0n) is 17.6. The quantitative estimate of drug-likeness (QED) is 0.668. The number of rotatable bonds is 6. The molecule has 0 spiro atoms. The molecule has 3 aromatic rings. The number of aromatic nitrogens is 2. The molecule has 158 valence electrons. The molecule has 0 bridgehead atoms. The van der Waals surface area contributed by atoms with Gasteiger partial charge < -0.3 is 15.0 Å². The van der Waals surface area contributed by atoms with E-state index < -0.39 is 0 Å². The second-order valence-corrected chi connectivity index (χ2v) is 8.32. The smallest absolute Gasteiger partial charge is 0.230 e. The van der Waals surface area contributed by atoms with Crippen molar-refractivity contribution < 1.29 is 9.53 Å². The monoisotopic (exact) mass is 414 g/mol. The lowest BCUT2D eigenvalue weighted by atomic mass is 9.94. The van der Waals surface area contributed by atoms with Crippen molar-refractivity contribution in [2.75, 3.05) is 25.1 Å². The largest absolute Gasteiger partial charge is 0.497 e. The summed E-state index contributed by atoms with van der Waals surface area (Å²) in [6.45, 7) is 1.56. The van der Waals surface area contributed by atoms with Crippen LogP contribution in [0.15, 0.2) is 66.9 Å². The fraction of sp³-hybridized carbons (Fsp3) is 0.320. The van der Waals surface area contributed by atoms with Gasteiger partial charge in [-0.1, -0.05) is 42.5 Å². The molecule has 6 heteroatoms. The van der Waals surface area contributed by atoms with E-state index in [1.807, 2.05) is 60.7 Å². The minimum absolute atomic E-state index is 0.104. The molecule has 31 heavy (non-hydrogen) atoms. The summed E-state index contributed by atoms with van der Waals surface area (Å²) >= 11 is 0. The minimum atomic E-state index is -0.385. The van der Waals surface area contributed by atoms with Crippen LogP contribution in [0.1, 0.15) is 24.8 Å². The average Bonchev–Trinajstić information content (AvgIpc) is 3.52. The van der Waals surface area contributed by atoms with Crippen molar-refractivity contribution >= 4 is 11.9 Å². The van der Waals surface area contributed by atoms with Crippen molar-refractivity contribution in [3.8, 4) is 17.0 Å². The molecule has 1 aromatic heterocycles. The van der Waals surface area contributed by atoms with Crippen molar-refractivity contribution in [3.05, 3.63) is 72.4 Å². The highest BCUT2D eigenvalue weighted by Gasteiger charge is 2.51. The molecule has 2 aromatic carbocycles. The van der Waals surface area contributed by atoms with Gasteiger partial charge in [-0.05, 0) is 43.0 Å². The topological polar surface area (TPSA) is 67.3 Å². The Morgan fingerprint density at radius 3 is 2.58 bits per heavy atom. The summed E-state index contributed by atoms with van der Waals surface area (Å²) in [5.41, 5.74) is 2.67. The van der Waals surface area contributed by atoms with E-state index in [1.54, 1.807) is 13.3 Å². The summed E-state index contributed by atoms with van der Waals surface area (Å²) in [4.78, 5) is 24.5. The van der Waals surface area contributed by atoms with Crippen LogP contribution in [0.3, 0.4) is 0 Å². The van der Waals surface area contributed by atoms with E-state index in [1.165, 1.54) is 0 Å². The number of benzene rings is 2. The first-order valence-electron chi connectivity index (χ1n) is 10.8. The third-order valence-corrected chi connectivity index (χ3v) is 6.35. The van der Waals surface area contributed by atoms with Crippen LogP contribution in [0.4, 0.5) is 5.95 Å². The fourth-order valence-electron chi connectivity index (χ4n) is 4.34. The Hall–Kier alpha value is -3.41. The molecule has 1 saturated carbocycles. The zero-order valence-corrected chi connectivity index (χ0v) is 17.6. The molecule has 6 nitrogen and oxygen atoms in total. The van der Waals surface area contributed by atoms with Crippen LogP contribution in [0, 0.1) is 0 Å². The minimum Gasteiger partial charge on any atom is -0.497 e. The molecule has 2 aliphatic rings. The molecule has 5 rings (SSSR count). The van der Waals surface area contributed by atoms with Gasteiger partial charge in [0.05, 0.1) is 18.2 Å². The second-order valence-electron chi connectivity index (χ2n) is 8.32. The molecule has 2 fully saturated rings. The third kappa shape index (κ3) is 3.85. The first kappa shape index (κ1) is 19.5. The zero-order chi connectivity index (χ0) is 21.3. The number of carbonyl (C=O) groups excluding carboxylic acids is 1. The van der Waals surface area contributed by atoms with Crippen LogP contribution in [0.5, 0.6) is 5.75 Å². The number of nitrogens with one attached hydrogen (secondary N) is 1. The lowest BCUT2D eigenvalue weighted by Gasteiger charge is -2.21. The number of hydrogen-bond donors (Lipinski definition) is 1. The molecule has 1 unspecified atom stereocenters. The molecular weight excluding hydrogens is 388 g/mol. The normalized spacial score (nSPS) is 19.1. The first-order valence-corrected chi connectivity index (χ1v) is 10.8. The average molecular weight is 415 g/mol. The number of hydrogen-bond acceptors (Lipinski definition) is 5. The van der Waals surface area contributed by atoms with Gasteiger partial charge in [-0.3, -0.25) is 4.79 Å². The molecule has 2 heterocycles. The number of ether oxygens (including phenoxy) is 1. The lowest BCUT2D eigenvalue weighted by Crippen LogP contribution is -2.43. The van der Waals surface area contributed by atoms with Gasteiger partial charge in [-0.2, -0.15) is 0 Å². The Morgan fingerprint density at radius 2 is 1.87 bits per heavy atom. The van der Waals surface area contributed by atoms with E-state index in [0.29, 0.717) is 0 Å². The molecular formula is C25H26N4O2. The SMILES string of the molecule is COc1ccc(C2(C(=O)NC3CCN(c4nccc(-c5ccccc5)n4)C3)CC2)cc1. The lowest BCUT2D eigenvalue weighted by molar-refractivity contribution is -0.124. The molecule has 1 aliphatic heterocycles. The Morgan fingerprint density at radius 1 is 1.10 bits per heavy atom. The summed E-state index contributed by atoms with van der Waals surface area (Å²) < 4.78 is 5.24. The van der Waals surface area contributed by atoms with Crippen molar-refractivity contribution in [1.29, 1.82) is 0 Å². The number of amides is 1. The van der Waals surface area contributed by atoms with Crippen LogP contribution in [0.2, 0.25) is 0 Å². The van der Waals surface area contributed by atoms with E-state index >= 15 is 0 Å². The summed E-state index contributed by atoms with van der Waals surface area (Å²) in [5.74, 6) is 1.65. The Kier molecular flexibility index (Phi) is 5.06. The van der Waals surface area contributed by atoms with E-state index in [9.17, 15) is 4.79 Å². The molecule has 0 radical (unpaired) electrons. The van der Waals surface area contributed by atoms with Crippen molar-refractivity contribution in [3.63, 3.8) is 0 Å². The summed E-state index contributed by atoms with van der Waals surface area (Å²) in [5, 5.41) is 3.29.